The number of carbonyl (C=O) groups is 1. The number of hydrogen-bond acceptors (Lipinski definition) is 16. The van der Waals surface area contributed by atoms with Crippen molar-refractivity contribution in [2.24, 2.45) is 11.8 Å². The Balaban J connectivity index is 1.46. The van der Waals surface area contributed by atoms with Crippen LogP contribution in [0.5, 0.6) is 46.0 Å². The van der Waals surface area contributed by atoms with Gasteiger partial charge in [-0.3, -0.25) is 0 Å². The summed E-state index contributed by atoms with van der Waals surface area (Å²) in [5.74, 6) is -2.93. The lowest BCUT2D eigenvalue weighted by molar-refractivity contribution is -0.304. The van der Waals surface area contributed by atoms with Gasteiger partial charge in [-0.05, 0) is 65.8 Å². The van der Waals surface area contributed by atoms with Gasteiger partial charge in [-0.2, -0.15) is 0 Å². The smallest absolute Gasteiger partial charge is 0.338 e. The number of fused-ring (bicyclic) bond motifs is 1. The molecule has 1 aliphatic heterocycles. The summed E-state index contributed by atoms with van der Waals surface area (Å²) in [4.78, 5) is 12.8. The first-order valence-electron chi connectivity index (χ1n) is 16.3. The molecule has 0 bridgehead atoms. The molecule has 0 amide bonds. The molecule has 0 radical (unpaired) electrons. The summed E-state index contributed by atoms with van der Waals surface area (Å²) in [6, 6.07) is 8.64. The topological polar surface area (TPSA) is 233 Å². The number of carbonyl (C=O) groups excluding carboxylic acids is 1. The second-order valence-corrected chi connectivity index (χ2v) is 12.4. The summed E-state index contributed by atoms with van der Waals surface area (Å²) in [6.45, 7) is -1.09. The predicted molar refractivity (Wildman–Crippen MR) is 180 cm³/mol. The minimum absolute atomic E-state index is 0.0357. The van der Waals surface area contributed by atoms with E-state index in [-0.39, 0.29) is 71.2 Å². The molecule has 0 spiro atoms. The van der Waals surface area contributed by atoms with E-state index in [1.165, 1.54) is 53.7 Å². The van der Waals surface area contributed by atoms with E-state index in [1.54, 1.807) is 18.2 Å². The molecule has 284 valence electrons. The molecule has 16 nitrogen and oxygen atoms in total. The van der Waals surface area contributed by atoms with Crippen LogP contribution in [0.25, 0.3) is 0 Å². The van der Waals surface area contributed by atoms with E-state index < -0.39 is 61.0 Å². The Morgan fingerprint density at radius 3 is 2.00 bits per heavy atom. The average Bonchev–Trinajstić information content (AvgIpc) is 3.15. The Hall–Kier alpha value is -4.71. The highest BCUT2D eigenvalue weighted by Crippen LogP contribution is 2.54. The van der Waals surface area contributed by atoms with E-state index in [0.717, 1.165) is 0 Å². The monoisotopic (exact) mass is 732 g/mol. The number of phenols is 3. The lowest BCUT2D eigenvalue weighted by atomic mass is 9.66. The molecule has 16 heteroatoms. The zero-order chi connectivity index (χ0) is 37.9. The summed E-state index contributed by atoms with van der Waals surface area (Å²) in [5, 5.41) is 74.8. The third kappa shape index (κ3) is 7.30. The van der Waals surface area contributed by atoms with E-state index in [4.69, 9.17) is 37.9 Å². The van der Waals surface area contributed by atoms with Crippen LogP contribution in [0, 0.1) is 11.8 Å². The Bertz CT molecular complexity index is 1700. The number of aliphatic hydroxyl groups is 4. The highest BCUT2D eigenvalue weighted by molar-refractivity contribution is 5.90. The highest BCUT2D eigenvalue weighted by Gasteiger charge is 2.47. The summed E-state index contributed by atoms with van der Waals surface area (Å²) in [5.41, 5.74) is 1.79. The largest absolute Gasteiger partial charge is 0.504 e. The van der Waals surface area contributed by atoms with Gasteiger partial charge in [0, 0.05) is 18.1 Å². The van der Waals surface area contributed by atoms with Gasteiger partial charge in [0.2, 0.25) is 11.5 Å². The number of hydrogen-bond donors (Lipinski definition) is 7. The molecule has 0 unspecified atom stereocenters. The Labute approximate surface area is 299 Å². The maximum atomic E-state index is 12.8. The van der Waals surface area contributed by atoms with E-state index in [0.29, 0.717) is 16.7 Å². The fourth-order valence-corrected chi connectivity index (χ4v) is 6.86. The van der Waals surface area contributed by atoms with Gasteiger partial charge in [0.1, 0.15) is 31.0 Å². The van der Waals surface area contributed by atoms with Gasteiger partial charge < -0.3 is 73.6 Å². The zero-order valence-corrected chi connectivity index (χ0v) is 29.2. The van der Waals surface area contributed by atoms with Crippen LogP contribution in [0.2, 0.25) is 0 Å². The number of methoxy groups -OCH3 is 5. The first-order valence-corrected chi connectivity index (χ1v) is 16.3. The molecule has 7 N–H and O–H groups in total. The quantitative estimate of drug-likeness (QED) is 0.123. The van der Waals surface area contributed by atoms with E-state index in [9.17, 15) is 40.5 Å². The first kappa shape index (κ1) is 38.5. The molecule has 1 saturated heterocycles. The number of rotatable bonds is 13. The van der Waals surface area contributed by atoms with Gasteiger partial charge in [0.25, 0.3) is 0 Å². The molecule has 8 atom stereocenters. The molecular formula is C36H44O16. The van der Waals surface area contributed by atoms with Crippen molar-refractivity contribution in [1.82, 2.24) is 0 Å². The predicted octanol–water partition coefficient (Wildman–Crippen LogP) is 1.44. The van der Waals surface area contributed by atoms with Crippen LogP contribution >= 0.6 is 0 Å². The molecule has 2 aliphatic rings. The maximum Gasteiger partial charge on any atom is 0.338 e. The third-order valence-electron chi connectivity index (χ3n) is 9.61. The second kappa shape index (κ2) is 16.3. The molecule has 52 heavy (non-hydrogen) atoms. The standard InChI is InChI=1S/C36H44O16/c1-45-22-9-16(6-7-21(22)38)35(44)50-15-26-30(40)32(42)33(43)36(52-26)51-14-20-19(13-37)8-17-10-25(48-4)31(41)34(49-5)28(17)27(20)18-11-23(46-2)29(39)24(12-18)47-3/h6-7,9-12,19-20,26-27,30,32-33,36-43H,8,13-15H2,1-5H3/t19-,20-,26+,27+,30+,32-,33+,36+/m0/s1. The van der Waals surface area contributed by atoms with Crippen LogP contribution in [-0.4, -0.2) is 128 Å². The molecular weight excluding hydrogens is 688 g/mol. The molecule has 1 aliphatic carbocycles. The van der Waals surface area contributed by atoms with Gasteiger partial charge in [0.05, 0.1) is 47.7 Å². The van der Waals surface area contributed by atoms with E-state index in [2.05, 4.69) is 0 Å². The molecule has 3 aromatic rings. The van der Waals surface area contributed by atoms with Crippen LogP contribution in [-0.2, 0) is 20.6 Å². The Kier molecular flexibility index (Phi) is 12.1. The zero-order valence-electron chi connectivity index (χ0n) is 29.2. The van der Waals surface area contributed by atoms with Crippen molar-refractivity contribution in [3.8, 4) is 46.0 Å². The number of aliphatic hydroxyl groups excluding tert-OH is 4. The van der Waals surface area contributed by atoms with Gasteiger partial charge in [-0.1, -0.05) is 0 Å². The van der Waals surface area contributed by atoms with Crippen molar-refractivity contribution in [1.29, 1.82) is 0 Å². The fourth-order valence-electron chi connectivity index (χ4n) is 6.86. The fraction of sp³-hybridized carbons (Fsp3) is 0.472. The maximum absolute atomic E-state index is 12.8. The summed E-state index contributed by atoms with van der Waals surface area (Å²) in [6.07, 6.45) is -7.75. The molecule has 1 heterocycles. The number of esters is 1. The Morgan fingerprint density at radius 1 is 0.769 bits per heavy atom. The molecule has 0 saturated carbocycles. The van der Waals surface area contributed by atoms with Crippen LogP contribution in [0.4, 0.5) is 0 Å². The van der Waals surface area contributed by atoms with Crippen LogP contribution < -0.4 is 23.7 Å². The number of ether oxygens (including phenoxy) is 8. The normalized spacial score (nSPS) is 25.5. The summed E-state index contributed by atoms with van der Waals surface area (Å²) < 4.78 is 44.3. The van der Waals surface area contributed by atoms with Crippen molar-refractivity contribution >= 4 is 5.97 Å². The van der Waals surface area contributed by atoms with Gasteiger partial charge >= 0.3 is 5.97 Å². The Morgan fingerprint density at radius 2 is 1.40 bits per heavy atom. The van der Waals surface area contributed by atoms with Gasteiger partial charge in [-0.25, -0.2) is 4.79 Å². The third-order valence-corrected chi connectivity index (χ3v) is 9.61. The van der Waals surface area contributed by atoms with Crippen molar-refractivity contribution in [2.75, 3.05) is 55.4 Å². The van der Waals surface area contributed by atoms with Crippen LogP contribution in [0.1, 0.15) is 33.0 Å². The molecule has 5 rings (SSSR count). The average molecular weight is 733 g/mol. The summed E-state index contributed by atoms with van der Waals surface area (Å²) >= 11 is 0. The van der Waals surface area contributed by atoms with Crippen LogP contribution in [0.3, 0.4) is 0 Å². The van der Waals surface area contributed by atoms with E-state index in [1.807, 2.05) is 0 Å². The molecule has 0 aromatic heterocycles. The van der Waals surface area contributed by atoms with Crippen LogP contribution in [0.15, 0.2) is 36.4 Å². The van der Waals surface area contributed by atoms with Crippen molar-refractivity contribution < 1.29 is 78.4 Å². The van der Waals surface area contributed by atoms with E-state index >= 15 is 0 Å². The lowest BCUT2D eigenvalue weighted by Gasteiger charge is -2.43. The minimum atomic E-state index is -1.76. The van der Waals surface area contributed by atoms with Gasteiger partial charge in [0.15, 0.2) is 40.8 Å². The second-order valence-electron chi connectivity index (χ2n) is 12.4. The summed E-state index contributed by atoms with van der Waals surface area (Å²) in [7, 11) is 6.85. The number of aromatic hydroxyl groups is 3. The van der Waals surface area contributed by atoms with Crippen molar-refractivity contribution in [3.05, 3.63) is 58.7 Å². The molecule has 3 aromatic carbocycles. The minimum Gasteiger partial charge on any atom is -0.504 e. The van der Waals surface area contributed by atoms with Crippen molar-refractivity contribution in [2.45, 2.75) is 43.0 Å². The van der Waals surface area contributed by atoms with Gasteiger partial charge in [-0.15, -0.1) is 0 Å². The number of benzene rings is 3. The SMILES string of the molecule is COc1cc(C(=O)OC[C@H]2O[C@@H](OC[C@H]3[C@H](CO)Cc4cc(OC)c(O)c(OC)c4[C@@H]3c3cc(OC)c(O)c(OC)c3)[C@H](O)[C@@H](O)[C@@H]2O)ccc1O. The number of phenolic OH excluding ortho intramolecular Hbond substituents is 3. The first-order chi connectivity index (χ1) is 24.9. The van der Waals surface area contributed by atoms with Crippen molar-refractivity contribution in [3.63, 3.8) is 0 Å². The highest BCUT2D eigenvalue weighted by atomic mass is 16.7. The molecule has 1 fully saturated rings. The lowest BCUT2D eigenvalue weighted by Crippen LogP contribution is -2.59.